The Morgan fingerprint density at radius 1 is 1.11 bits per heavy atom. The summed E-state index contributed by atoms with van der Waals surface area (Å²) in [5, 5.41) is 0. The summed E-state index contributed by atoms with van der Waals surface area (Å²) in [5.41, 5.74) is 0.861. The lowest BCUT2D eigenvalue weighted by atomic mass is 10.1. The second kappa shape index (κ2) is 9.57. The third-order valence-corrected chi connectivity index (χ3v) is 3.93. The molecule has 1 aromatic carbocycles. The molecule has 2 heterocycles. The molecule has 0 saturated carbocycles. The van der Waals surface area contributed by atoms with Crippen LogP contribution >= 0.6 is 0 Å². The van der Waals surface area contributed by atoms with Crippen LogP contribution in [0.1, 0.15) is 41.5 Å². The number of hydrogen-bond donors (Lipinski definition) is 0. The van der Waals surface area contributed by atoms with Crippen molar-refractivity contribution in [2.45, 2.75) is 26.9 Å². The molecule has 0 aromatic heterocycles. The van der Waals surface area contributed by atoms with Crippen LogP contribution < -0.4 is 0 Å². The zero-order valence-electron chi connectivity index (χ0n) is 16.0. The molecule has 0 bridgehead atoms. The zero-order chi connectivity index (χ0) is 19.8. The molecule has 5 nitrogen and oxygen atoms in total. The van der Waals surface area contributed by atoms with Crippen LogP contribution in [0.5, 0.6) is 0 Å². The smallest absolute Gasteiger partial charge is 0.261 e. The van der Waals surface area contributed by atoms with Crippen LogP contribution in [-0.4, -0.2) is 36.0 Å². The van der Waals surface area contributed by atoms with Gasteiger partial charge < -0.3 is 9.47 Å². The minimum Gasteiger partial charge on any atom is -0.486 e. The van der Waals surface area contributed by atoms with Crippen molar-refractivity contribution < 1.29 is 19.1 Å². The maximum Gasteiger partial charge on any atom is 0.261 e. The number of carbonyl (C=O) groups is 2. The molecule has 0 radical (unpaired) electrons. The Bertz CT molecular complexity index is 769. The molecule has 0 aliphatic carbocycles. The highest BCUT2D eigenvalue weighted by Crippen LogP contribution is 2.26. The summed E-state index contributed by atoms with van der Waals surface area (Å²) >= 11 is 0. The Balaban J connectivity index is 0.00000126. The first-order chi connectivity index (χ1) is 13.2. The zero-order valence-corrected chi connectivity index (χ0v) is 16.0. The maximum absolute atomic E-state index is 12.5. The number of benzene rings is 1. The molecular weight excluding hydrogens is 342 g/mol. The Morgan fingerprint density at radius 2 is 1.74 bits per heavy atom. The molecule has 0 N–H and O–H groups in total. The SMILES string of the molecule is C=C/C=C1/OC(CN2C(=O)c3ccccc3C2=O)CO/C1=C/C=C\C.CC. The van der Waals surface area contributed by atoms with Gasteiger partial charge in [-0.15, -0.1) is 0 Å². The number of amides is 2. The molecule has 1 unspecified atom stereocenters. The molecule has 1 fully saturated rings. The fourth-order valence-electron chi connectivity index (χ4n) is 2.77. The van der Waals surface area contributed by atoms with Crippen LogP contribution in [0, 0.1) is 0 Å². The third-order valence-electron chi connectivity index (χ3n) is 3.93. The van der Waals surface area contributed by atoms with Gasteiger partial charge in [-0.1, -0.05) is 50.8 Å². The van der Waals surface area contributed by atoms with Crippen LogP contribution in [0.25, 0.3) is 0 Å². The molecule has 0 spiro atoms. The van der Waals surface area contributed by atoms with Crippen molar-refractivity contribution >= 4 is 11.8 Å². The number of nitrogens with zero attached hydrogens (tertiary/aromatic N) is 1. The van der Waals surface area contributed by atoms with Crippen LogP contribution in [0.2, 0.25) is 0 Å². The molecule has 27 heavy (non-hydrogen) atoms. The van der Waals surface area contributed by atoms with Crippen LogP contribution in [0.15, 0.2) is 72.7 Å². The molecule has 1 saturated heterocycles. The van der Waals surface area contributed by atoms with E-state index < -0.39 is 6.10 Å². The number of carbonyl (C=O) groups excluding carboxylic acids is 2. The predicted octanol–water partition coefficient (Wildman–Crippen LogP) is 4.25. The summed E-state index contributed by atoms with van der Waals surface area (Å²) in [6.07, 6.45) is 8.40. The second-order valence-electron chi connectivity index (χ2n) is 5.64. The van der Waals surface area contributed by atoms with E-state index in [1.807, 2.05) is 32.9 Å². The lowest BCUT2D eigenvalue weighted by Crippen LogP contribution is -2.41. The number of imide groups is 1. The van der Waals surface area contributed by atoms with Gasteiger partial charge in [0.05, 0.1) is 17.7 Å². The molecule has 3 rings (SSSR count). The van der Waals surface area contributed by atoms with E-state index >= 15 is 0 Å². The van der Waals surface area contributed by atoms with Crippen LogP contribution in [-0.2, 0) is 9.47 Å². The van der Waals surface area contributed by atoms with Crippen LogP contribution in [0.4, 0.5) is 0 Å². The van der Waals surface area contributed by atoms with Gasteiger partial charge in [-0.25, -0.2) is 0 Å². The van der Waals surface area contributed by atoms with Crippen molar-refractivity contribution in [2.75, 3.05) is 13.2 Å². The normalized spacial score (nSPS) is 21.6. The summed E-state index contributed by atoms with van der Waals surface area (Å²) in [6.45, 7) is 9.97. The van der Waals surface area contributed by atoms with E-state index in [0.717, 1.165) is 0 Å². The predicted molar refractivity (Wildman–Crippen MR) is 105 cm³/mol. The standard InChI is InChI=1S/C20H19NO4.C2H6/c1-3-5-11-17-18(8-4-2)25-14(13-24-17)12-21-19(22)15-9-6-7-10-16(15)20(21)23;1-2/h3-11,14H,2,12-13H2,1H3;1-2H3/b5-3-,17-11+,18-8+;. The first kappa shape index (κ1) is 20.2. The largest absolute Gasteiger partial charge is 0.486 e. The number of rotatable bonds is 4. The average Bonchev–Trinajstić information content (AvgIpc) is 2.94. The Hall–Kier alpha value is -3.08. The van der Waals surface area contributed by atoms with Crippen molar-refractivity contribution in [3.8, 4) is 0 Å². The van der Waals surface area contributed by atoms with Gasteiger partial charge in [0.1, 0.15) is 6.61 Å². The minimum atomic E-state index is -0.434. The van der Waals surface area contributed by atoms with E-state index in [4.69, 9.17) is 9.47 Å². The molecule has 2 amide bonds. The van der Waals surface area contributed by atoms with Gasteiger partial charge in [0.25, 0.3) is 11.8 Å². The van der Waals surface area contributed by atoms with Crippen molar-refractivity contribution in [3.63, 3.8) is 0 Å². The summed E-state index contributed by atoms with van der Waals surface area (Å²) in [6, 6.07) is 6.82. The number of hydrogen-bond acceptors (Lipinski definition) is 4. The Labute approximate surface area is 160 Å². The topological polar surface area (TPSA) is 55.8 Å². The highest BCUT2D eigenvalue weighted by molar-refractivity contribution is 6.21. The third kappa shape index (κ3) is 4.37. The molecule has 5 heteroatoms. The number of fused-ring (bicyclic) bond motifs is 1. The fraction of sp³-hybridized carbons (Fsp3) is 0.273. The van der Waals surface area contributed by atoms with E-state index in [-0.39, 0.29) is 25.0 Å². The number of allylic oxidation sites excluding steroid dienone is 5. The first-order valence-corrected chi connectivity index (χ1v) is 9.06. The van der Waals surface area contributed by atoms with Crippen molar-refractivity contribution in [2.24, 2.45) is 0 Å². The maximum atomic E-state index is 12.5. The molecule has 1 aromatic rings. The summed E-state index contributed by atoms with van der Waals surface area (Å²) in [7, 11) is 0. The van der Waals surface area contributed by atoms with E-state index in [9.17, 15) is 9.59 Å². The number of ether oxygens (including phenoxy) is 2. The summed E-state index contributed by atoms with van der Waals surface area (Å²) < 4.78 is 11.6. The monoisotopic (exact) mass is 367 g/mol. The van der Waals surface area contributed by atoms with Crippen molar-refractivity contribution in [1.82, 2.24) is 4.90 Å². The Kier molecular flexibility index (Phi) is 7.17. The van der Waals surface area contributed by atoms with Crippen molar-refractivity contribution in [1.29, 1.82) is 0 Å². The second-order valence-corrected chi connectivity index (χ2v) is 5.64. The van der Waals surface area contributed by atoms with Gasteiger partial charge >= 0.3 is 0 Å². The van der Waals surface area contributed by atoms with Gasteiger partial charge in [-0.05, 0) is 31.2 Å². The lowest BCUT2D eigenvalue weighted by molar-refractivity contribution is -0.0184. The highest BCUT2D eigenvalue weighted by Gasteiger charge is 2.38. The van der Waals surface area contributed by atoms with Crippen LogP contribution in [0.3, 0.4) is 0 Å². The van der Waals surface area contributed by atoms with E-state index in [1.54, 1.807) is 42.5 Å². The molecule has 2 aliphatic rings. The Morgan fingerprint density at radius 3 is 2.30 bits per heavy atom. The van der Waals surface area contributed by atoms with Gasteiger partial charge in [0.15, 0.2) is 17.6 Å². The van der Waals surface area contributed by atoms with Gasteiger partial charge in [-0.3, -0.25) is 14.5 Å². The highest BCUT2D eigenvalue weighted by atomic mass is 16.6. The van der Waals surface area contributed by atoms with Gasteiger partial charge in [0, 0.05) is 0 Å². The summed E-state index contributed by atoms with van der Waals surface area (Å²) in [5.74, 6) is 0.528. The van der Waals surface area contributed by atoms with Crippen molar-refractivity contribution in [3.05, 3.63) is 83.9 Å². The minimum absolute atomic E-state index is 0.137. The quantitative estimate of drug-likeness (QED) is 0.747. The fourth-order valence-corrected chi connectivity index (χ4v) is 2.77. The molecule has 142 valence electrons. The molecule has 2 aliphatic heterocycles. The van der Waals surface area contributed by atoms with E-state index in [0.29, 0.717) is 22.6 Å². The molecular formula is C22H25NO4. The van der Waals surface area contributed by atoms with E-state index in [1.165, 1.54) is 4.90 Å². The lowest BCUT2D eigenvalue weighted by Gasteiger charge is -2.30. The van der Waals surface area contributed by atoms with Gasteiger partial charge in [0.2, 0.25) is 0 Å². The van der Waals surface area contributed by atoms with Gasteiger partial charge in [-0.2, -0.15) is 0 Å². The molecule has 1 atom stereocenters. The van der Waals surface area contributed by atoms with E-state index in [2.05, 4.69) is 6.58 Å². The summed E-state index contributed by atoms with van der Waals surface area (Å²) in [4.78, 5) is 26.1. The first-order valence-electron chi connectivity index (χ1n) is 9.06. The average molecular weight is 367 g/mol.